The minimum Gasteiger partial charge on any atom is -0.462 e. The third-order valence-electron chi connectivity index (χ3n) is 12.4. The molecule has 0 radical (unpaired) electrons. The summed E-state index contributed by atoms with van der Waals surface area (Å²) in [6, 6.07) is 0. The van der Waals surface area contributed by atoms with Gasteiger partial charge in [-0.15, -0.1) is 0 Å². The fourth-order valence-corrected chi connectivity index (χ4v) is 8.06. The lowest BCUT2D eigenvalue weighted by Gasteiger charge is -2.18. The number of allylic oxidation sites excluding steroid dienone is 14. The molecule has 0 aromatic rings. The fraction of sp³-hybridized carbons (Fsp3) is 0.746. The zero-order valence-electron chi connectivity index (χ0n) is 45.1. The highest BCUT2D eigenvalue weighted by atomic mass is 16.6. The van der Waals surface area contributed by atoms with E-state index >= 15 is 0 Å². The number of rotatable bonds is 53. The maximum atomic E-state index is 12.9. The highest BCUT2D eigenvalue weighted by Gasteiger charge is 2.17. The Kier molecular flexibility index (Phi) is 55.9. The largest absolute Gasteiger partial charge is 0.462 e. The number of hydrogen-bond donors (Lipinski definition) is 0. The van der Waals surface area contributed by atoms with E-state index in [0.717, 1.165) is 96.3 Å². The van der Waals surface area contributed by atoms with Crippen LogP contribution in [0.1, 0.15) is 278 Å². The molecular formula is C63H110O5. The van der Waals surface area contributed by atoms with Crippen molar-refractivity contribution in [1.82, 2.24) is 0 Å². The van der Waals surface area contributed by atoms with E-state index in [1.165, 1.54) is 148 Å². The van der Waals surface area contributed by atoms with E-state index in [9.17, 15) is 9.59 Å². The Bertz CT molecular complexity index is 1250. The van der Waals surface area contributed by atoms with Crippen LogP contribution in [0.4, 0.5) is 0 Å². The van der Waals surface area contributed by atoms with Gasteiger partial charge in [0.05, 0.1) is 6.61 Å². The summed E-state index contributed by atoms with van der Waals surface area (Å²) in [6.45, 7) is 7.63. The first-order chi connectivity index (χ1) is 33.6. The Morgan fingerprint density at radius 3 is 1.10 bits per heavy atom. The maximum Gasteiger partial charge on any atom is 0.306 e. The van der Waals surface area contributed by atoms with Crippen LogP contribution in [0.5, 0.6) is 0 Å². The Morgan fingerprint density at radius 2 is 0.662 bits per heavy atom. The van der Waals surface area contributed by atoms with Gasteiger partial charge in [-0.05, 0) is 116 Å². The number of esters is 2. The molecule has 0 aliphatic heterocycles. The van der Waals surface area contributed by atoms with Gasteiger partial charge in [-0.2, -0.15) is 0 Å². The zero-order valence-corrected chi connectivity index (χ0v) is 45.1. The summed E-state index contributed by atoms with van der Waals surface area (Å²) in [5.41, 5.74) is 0. The molecule has 0 heterocycles. The molecule has 0 spiro atoms. The van der Waals surface area contributed by atoms with Crippen molar-refractivity contribution in [1.29, 1.82) is 0 Å². The molecule has 0 saturated carbocycles. The summed E-state index contributed by atoms with van der Waals surface area (Å²) >= 11 is 0. The molecule has 68 heavy (non-hydrogen) atoms. The van der Waals surface area contributed by atoms with Gasteiger partial charge in [0.1, 0.15) is 6.61 Å². The van der Waals surface area contributed by atoms with Crippen LogP contribution in [0.2, 0.25) is 0 Å². The first-order valence-electron chi connectivity index (χ1n) is 29.1. The first kappa shape index (κ1) is 65.1. The van der Waals surface area contributed by atoms with Crippen molar-refractivity contribution >= 4 is 11.9 Å². The summed E-state index contributed by atoms with van der Waals surface area (Å²) in [5, 5.41) is 0. The zero-order chi connectivity index (χ0) is 49.2. The van der Waals surface area contributed by atoms with Gasteiger partial charge in [0.15, 0.2) is 6.10 Å². The molecule has 392 valence electrons. The molecule has 1 unspecified atom stereocenters. The molecule has 0 aromatic heterocycles. The molecule has 0 bridgehead atoms. The van der Waals surface area contributed by atoms with Crippen molar-refractivity contribution in [2.75, 3.05) is 19.8 Å². The van der Waals surface area contributed by atoms with Crippen molar-refractivity contribution < 1.29 is 23.8 Å². The average molecular weight is 948 g/mol. The molecular weight excluding hydrogens is 837 g/mol. The topological polar surface area (TPSA) is 61.8 Å². The minimum atomic E-state index is -0.561. The number of unbranched alkanes of at least 4 members (excludes halogenated alkanes) is 28. The highest BCUT2D eigenvalue weighted by Crippen LogP contribution is 2.15. The number of hydrogen-bond acceptors (Lipinski definition) is 5. The van der Waals surface area contributed by atoms with Crippen LogP contribution in [0.15, 0.2) is 85.1 Å². The van der Waals surface area contributed by atoms with Gasteiger partial charge in [0.25, 0.3) is 0 Å². The quantitative estimate of drug-likeness (QED) is 0.0345. The summed E-state index contributed by atoms with van der Waals surface area (Å²) in [4.78, 5) is 25.5. The molecule has 5 heteroatoms. The Hall–Kier alpha value is -2.92. The van der Waals surface area contributed by atoms with Crippen LogP contribution in [-0.4, -0.2) is 37.9 Å². The number of carbonyl (C=O) groups is 2. The van der Waals surface area contributed by atoms with Gasteiger partial charge >= 0.3 is 11.9 Å². The summed E-state index contributed by atoms with van der Waals surface area (Å²) < 4.78 is 17.5. The van der Waals surface area contributed by atoms with Crippen LogP contribution in [0, 0.1) is 0 Å². The van der Waals surface area contributed by atoms with Crippen LogP contribution in [0.25, 0.3) is 0 Å². The van der Waals surface area contributed by atoms with Crippen LogP contribution < -0.4 is 0 Å². The molecule has 0 fully saturated rings. The summed E-state index contributed by atoms with van der Waals surface area (Å²) in [6.07, 6.45) is 77.5. The molecule has 0 aromatic carbocycles. The summed E-state index contributed by atoms with van der Waals surface area (Å²) in [5.74, 6) is -0.420. The van der Waals surface area contributed by atoms with Gasteiger partial charge in [-0.25, -0.2) is 0 Å². The van der Waals surface area contributed by atoms with E-state index in [0.29, 0.717) is 19.4 Å². The monoisotopic (exact) mass is 947 g/mol. The molecule has 0 saturated heterocycles. The van der Waals surface area contributed by atoms with Gasteiger partial charge in [0, 0.05) is 19.4 Å². The van der Waals surface area contributed by atoms with Gasteiger partial charge in [-0.3, -0.25) is 9.59 Å². The Balaban J connectivity index is 4.33. The van der Waals surface area contributed by atoms with Crippen molar-refractivity contribution in [3.8, 4) is 0 Å². The lowest BCUT2D eigenvalue weighted by atomic mass is 10.1. The van der Waals surface area contributed by atoms with Gasteiger partial charge in [-0.1, -0.05) is 234 Å². The van der Waals surface area contributed by atoms with Gasteiger partial charge < -0.3 is 14.2 Å². The molecule has 0 N–H and O–H groups in total. The second kappa shape index (κ2) is 58.4. The van der Waals surface area contributed by atoms with E-state index in [1.807, 2.05) is 0 Å². The van der Waals surface area contributed by atoms with E-state index in [1.54, 1.807) is 0 Å². The van der Waals surface area contributed by atoms with Crippen LogP contribution >= 0.6 is 0 Å². The molecule has 0 aliphatic carbocycles. The molecule has 0 aliphatic rings. The minimum absolute atomic E-state index is 0.0661. The summed E-state index contributed by atoms with van der Waals surface area (Å²) in [7, 11) is 0. The lowest BCUT2D eigenvalue weighted by molar-refractivity contribution is -0.163. The van der Waals surface area contributed by atoms with E-state index in [4.69, 9.17) is 14.2 Å². The fourth-order valence-electron chi connectivity index (χ4n) is 8.06. The van der Waals surface area contributed by atoms with Crippen LogP contribution in [0.3, 0.4) is 0 Å². The smallest absolute Gasteiger partial charge is 0.306 e. The predicted molar refractivity (Wildman–Crippen MR) is 297 cm³/mol. The molecule has 1 atom stereocenters. The second-order valence-corrected chi connectivity index (χ2v) is 19.2. The maximum absolute atomic E-state index is 12.9. The van der Waals surface area contributed by atoms with Crippen molar-refractivity contribution in [3.63, 3.8) is 0 Å². The first-order valence-corrected chi connectivity index (χ1v) is 29.1. The van der Waals surface area contributed by atoms with Crippen molar-refractivity contribution in [2.24, 2.45) is 0 Å². The van der Waals surface area contributed by atoms with Crippen molar-refractivity contribution in [3.05, 3.63) is 85.1 Å². The Morgan fingerprint density at radius 1 is 0.338 bits per heavy atom. The molecule has 0 amide bonds. The molecule has 5 nitrogen and oxygen atoms in total. The predicted octanol–water partition coefficient (Wildman–Crippen LogP) is 20.0. The lowest BCUT2D eigenvalue weighted by Crippen LogP contribution is -2.30. The van der Waals surface area contributed by atoms with E-state index < -0.39 is 6.10 Å². The van der Waals surface area contributed by atoms with E-state index in [-0.39, 0.29) is 25.2 Å². The highest BCUT2D eigenvalue weighted by molar-refractivity contribution is 5.70. The third kappa shape index (κ3) is 55.7. The number of ether oxygens (including phenoxy) is 3. The molecule has 0 rings (SSSR count). The van der Waals surface area contributed by atoms with Gasteiger partial charge in [0.2, 0.25) is 0 Å². The Labute approximate surface area is 422 Å². The average Bonchev–Trinajstić information content (AvgIpc) is 3.34. The third-order valence-corrected chi connectivity index (χ3v) is 12.4. The second-order valence-electron chi connectivity index (χ2n) is 19.2. The number of carbonyl (C=O) groups excluding carboxylic acids is 2. The van der Waals surface area contributed by atoms with Crippen LogP contribution in [-0.2, 0) is 23.8 Å². The SMILES string of the molecule is CC/C=C\C/C=C\C/C=C\C/C=C\CCCCCOCC(COC(=O)CCCCCCCCCCC/C=C\C/C=C\CCCCC)OC(=O)CCCCCCCCC/C=C\CCCCCCCC. The standard InChI is InChI=1S/C63H110O5/c1-4-7-10-13-16-19-22-25-28-31-32-34-35-38-41-44-47-50-53-56-62(64)67-60-61(59-66-58-55-52-49-46-43-40-37-30-27-24-21-18-15-12-9-6-3)68-63(65)57-54-51-48-45-42-39-36-33-29-26-23-20-17-14-11-8-5-2/h9,12,16,18-19,21,25-30,40,43,61H,4-8,10-11,13-15,17,20,22-24,31-39,41-42,44-60H2,1-3H3/b12-9-,19-16-,21-18-,28-25-,29-26-,30-27-,43-40-. The van der Waals surface area contributed by atoms with Crippen molar-refractivity contribution in [2.45, 2.75) is 284 Å². The normalized spacial score (nSPS) is 12.8. The van der Waals surface area contributed by atoms with E-state index in [2.05, 4.69) is 106 Å².